The Morgan fingerprint density at radius 3 is 2.39 bits per heavy atom. The Morgan fingerprint density at radius 2 is 1.73 bits per heavy atom. The second-order valence-electron chi connectivity index (χ2n) is 10.0. The first-order valence-corrected chi connectivity index (χ1v) is 12.5. The van der Waals surface area contributed by atoms with Gasteiger partial charge in [0.15, 0.2) is 0 Å². The molecular weight excluding hydrogens is 423 g/mol. The maximum Gasteiger partial charge on any atom is 0.222 e. The summed E-state index contributed by atoms with van der Waals surface area (Å²) in [6, 6.07) is 6.17. The topological polar surface area (TPSA) is 59.1 Å². The largest absolute Gasteiger partial charge is 0.494 e. The summed E-state index contributed by atoms with van der Waals surface area (Å²) in [6.45, 7) is 6.09. The van der Waals surface area contributed by atoms with E-state index in [1.165, 1.54) is 12.1 Å². The number of amides is 2. The SMILES string of the molecule is CC(=O)N1CCC(CC(=O)N2CCC3(CC2)CC(CCOc2ccc(F)cc2)CCO3)CC1. The molecule has 1 aromatic rings. The molecule has 6 nitrogen and oxygen atoms in total. The number of nitrogens with zero attached hydrogens (tertiary/aromatic N) is 2. The lowest BCUT2D eigenvalue weighted by Crippen LogP contribution is -2.51. The number of benzene rings is 1. The van der Waals surface area contributed by atoms with E-state index in [1.807, 2.05) is 9.80 Å². The second-order valence-corrected chi connectivity index (χ2v) is 10.0. The number of hydrogen-bond donors (Lipinski definition) is 0. The minimum Gasteiger partial charge on any atom is -0.494 e. The highest BCUT2D eigenvalue weighted by Crippen LogP contribution is 2.39. The Morgan fingerprint density at radius 1 is 1.03 bits per heavy atom. The number of rotatable bonds is 6. The Bertz CT molecular complexity index is 799. The standard InChI is InChI=1S/C26H37FN2O4/c1-20(30)28-12-6-21(7-13-28)18-25(31)29-14-10-26(11-15-29)19-22(9-17-33-26)8-16-32-24-4-2-23(27)3-5-24/h2-5,21-22H,6-19H2,1H3. The first-order valence-electron chi connectivity index (χ1n) is 12.5. The molecule has 3 aliphatic rings. The number of piperidine rings is 2. The monoisotopic (exact) mass is 460 g/mol. The molecule has 0 saturated carbocycles. The third-order valence-electron chi connectivity index (χ3n) is 7.75. The van der Waals surface area contributed by atoms with Crippen molar-refractivity contribution in [1.29, 1.82) is 0 Å². The van der Waals surface area contributed by atoms with Gasteiger partial charge in [0.2, 0.25) is 11.8 Å². The van der Waals surface area contributed by atoms with Crippen molar-refractivity contribution in [2.24, 2.45) is 11.8 Å². The average Bonchev–Trinajstić information content (AvgIpc) is 2.81. The van der Waals surface area contributed by atoms with Crippen LogP contribution < -0.4 is 4.74 Å². The molecule has 1 atom stereocenters. The molecule has 1 spiro atoms. The first-order chi connectivity index (χ1) is 15.9. The molecule has 1 unspecified atom stereocenters. The van der Waals surface area contributed by atoms with E-state index in [9.17, 15) is 14.0 Å². The molecule has 33 heavy (non-hydrogen) atoms. The van der Waals surface area contributed by atoms with Gasteiger partial charge in [-0.3, -0.25) is 9.59 Å². The molecule has 0 aromatic heterocycles. The molecule has 2 amide bonds. The molecule has 182 valence electrons. The van der Waals surface area contributed by atoms with Gasteiger partial charge >= 0.3 is 0 Å². The van der Waals surface area contributed by atoms with Gasteiger partial charge < -0.3 is 19.3 Å². The van der Waals surface area contributed by atoms with Crippen molar-refractivity contribution in [2.75, 3.05) is 39.4 Å². The van der Waals surface area contributed by atoms with Gasteiger partial charge in [0, 0.05) is 46.1 Å². The highest BCUT2D eigenvalue weighted by atomic mass is 19.1. The zero-order valence-corrected chi connectivity index (χ0v) is 19.8. The Kier molecular flexibility index (Phi) is 7.89. The van der Waals surface area contributed by atoms with E-state index in [0.717, 1.165) is 77.7 Å². The quantitative estimate of drug-likeness (QED) is 0.643. The third-order valence-corrected chi connectivity index (χ3v) is 7.75. The van der Waals surface area contributed by atoms with Crippen molar-refractivity contribution in [3.63, 3.8) is 0 Å². The summed E-state index contributed by atoms with van der Waals surface area (Å²) in [5.74, 6) is 1.78. The molecule has 4 rings (SSSR count). The van der Waals surface area contributed by atoms with Crippen LogP contribution in [-0.2, 0) is 14.3 Å². The average molecular weight is 461 g/mol. The zero-order valence-electron chi connectivity index (χ0n) is 19.8. The van der Waals surface area contributed by atoms with Crippen LogP contribution in [0.5, 0.6) is 5.75 Å². The second kappa shape index (κ2) is 10.9. The van der Waals surface area contributed by atoms with Crippen LogP contribution in [0.15, 0.2) is 24.3 Å². The fraction of sp³-hybridized carbons (Fsp3) is 0.692. The van der Waals surface area contributed by atoms with Crippen LogP contribution in [0.4, 0.5) is 4.39 Å². The Labute approximate surface area is 196 Å². The summed E-state index contributed by atoms with van der Waals surface area (Å²) >= 11 is 0. The number of carbonyl (C=O) groups is 2. The maximum atomic E-state index is 13.0. The van der Waals surface area contributed by atoms with E-state index in [2.05, 4.69) is 0 Å². The van der Waals surface area contributed by atoms with Gasteiger partial charge in [0.05, 0.1) is 12.2 Å². The molecule has 3 aliphatic heterocycles. The van der Waals surface area contributed by atoms with Gasteiger partial charge in [-0.1, -0.05) is 0 Å². The summed E-state index contributed by atoms with van der Waals surface area (Å²) in [5.41, 5.74) is -0.109. The van der Waals surface area contributed by atoms with Gasteiger partial charge in [-0.15, -0.1) is 0 Å². The van der Waals surface area contributed by atoms with Gasteiger partial charge in [-0.25, -0.2) is 4.39 Å². The summed E-state index contributed by atoms with van der Waals surface area (Å²) < 4.78 is 25.1. The molecule has 0 radical (unpaired) electrons. The van der Waals surface area contributed by atoms with Crippen LogP contribution in [-0.4, -0.2) is 66.6 Å². The molecule has 3 fully saturated rings. The fourth-order valence-corrected chi connectivity index (χ4v) is 5.59. The predicted octanol–water partition coefficient (Wildman–Crippen LogP) is 4.03. The molecule has 7 heteroatoms. The minimum atomic E-state index is -0.253. The van der Waals surface area contributed by atoms with Crippen molar-refractivity contribution in [1.82, 2.24) is 9.80 Å². The van der Waals surface area contributed by atoms with Crippen molar-refractivity contribution in [3.8, 4) is 5.75 Å². The van der Waals surface area contributed by atoms with Crippen LogP contribution >= 0.6 is 0 Å². The molecule has 0 N–H and O–H groups in total. The zero-order chi connectivity index (χ0) is 23.3. The molecular formula is C26H37FN2O4. The van der Waals surface area contributed by atoms with Crippen molar-refractivity contribution < 1.29 is 23.5 Å². The van der Waals surface area contributed by atoms with Crippen molar-refractivity contribution in [3.05, 3.63) is 30.1 Å². The van der Waals surface area contributed by atoms with E-state index < -0.39 is 0 Å². The van der Waals surface area contributed by atoms with E-state index in [0.29, 0.717) is 30.6 Å². The van der Waals surface area contributed by atoms with Gasteiger partial charge in [-0.2, -0.15) is 0 Å². The van der Waals surface area contributed by atoms with Gasteiger partial charge in [0.25, 0.3) is 0 Å². The summed E-state index contributed by atoms with van der Waals surface area (Å²) in [6.07, 6.45) is 7.27. The molecule has 1 aromatic carbocycles. The van der Waals surface area contributed by atoms with Gasteiger partial charge in [0.1, 0.15) is 11.6 Å². The highest BCUT2D eigenvalue weighted by molar-refractivity contribution is 5.77. The molecule has 3 saturated heterocycles. The lowest BCUT2D eigenvalue weighted by Gasteiger charge is -2.46. The number of ether oxygens (including phenoxy) is 2. The fourth-order valence-electron chi connectivity index (χ4n) is 5.59. The number of likely N-dealkylation sites (tertiary alicyclic amines) is 2. The number of halogens is 1. The molecule has 3 heterocycles. The van der Waals surface area contributed by atoms with Crippen LogP contribution in [0, 0.1) is 17.7 Å². The summed E-state index contributed by atoms with van der Waals surface area (Å²) in [4.78, 5) is 28.3. The number of hydrogen-bond acceptors (Lipinski definition) is 4. The van der Waals surface area contributed by atoms with Crippen LogP contribution in [0.1, 0.15) is 58.3 Å². The smallest absolute Gasteiger partial charge is 0.222 e. The van der Waals surface area contributed by atoms with E-state index in [4.69, 9.17) is 9.47 Å². The third kappa shape index (κ3) is 6.46. The lowest BCUT2D eigenvalue weighted by atomic mass is 9.78. The normalized spacial score (nSPS) is 23.5. The minimum absolute atomic E-state index is 0.109. The first kappa shape index (κ1) is 24.0. The van der Waals surface area contributed by atoms with Crippen LogP contribution in [0.25, 0.3) is 0 Å². The predicted molar refractivity (Wildman–Crippen MR) is 123 cm³/mol. The van der Waals surface area contributed by atoms with E-state index >= 15 is 0 Å². The highest BCUT2D eigenvalue weighted by Gasteiger charge is 2.41. The lowest BCUT2D eigenvalue weighted by molar-refractivity contribution is -0.148. The molecule has 0 bridgehead atoms. The summed E-state index contributed by atoms with van der Waals surface area (Å²) in [5, 5.41) is 0. The van der Waals surface area contributed by atoms with Crippen LogP contribution in [0.2, 0.25) is 0 Å². The Hall–Kier alpha value is -2.15. The Balaban J connectivity index is 1.18. The number of carbonyl (C=O) groups excluding carboxylic acids is 2. The van der Waals surface area contributed by atoms with Crippen molar-refractivity contribution in [2.45, 2.75) is 63.9 Å². The molecule has 0 aliphatic carbocycles. The van der Waals surface area contributed by atoms with E-state index in [-0.39, 0.29) is 23.2 Å². The van der Waals surface area contributed by atoms with E-state index in [1.54, 1.807) is 19.1 Å². The summed E-state index contributed by atoms with van der Waals surface area (Å²) in [7, 11) is 0. The van der Waals surface area contributed by atoms with Crippen molar-refractivity contribution >= 4 is 11.8 Å². The van der Waals surface area contributed by atoms with Gasteiger partial charge in [-0.05, 0) is 81.0 Å². The van der Waals surface area contributed by atoms with Crippen LogP contribution in [0.3, 0.4) is 0 Å². The maximum absolute atomic E-state index is 13.0.